The van der Waals surface area contributed by atoms with Gasteiger partial charge in [-0.15, -0.1) is 0 Å². The molecular formula is C16H18N2O4. The second-order valence-electron chi connectivity index (χ2n) is 5.89. The van der Waals surface area contributed by atoms with Gasteiger partial charge in [-0.05, 0) is 51.4 Å². The molecule has 0 radical (unpaired) electrons. The van der Waals surface area contributed by atoms with E-state index in [-0.39, 0.29) is 23.6 Å². The molecule has 116 valence electrons. The van der Waals surface area contributed by atoms with E-state index < -0.39 is 0 Å². The lowest BCUT2D eigenvalue weighted by atomic mass is 9.93. The normalized spacial score (nSPS) is 23.6. The Morgan fingerprint density at radius 3 is 0.909 bits per heavy atom. The Hall–Kier alpha value is -2.24. The third-order valence-electron chi connectivity index (χ3n) is 4.49. The molecule has 6 heteroatoms. The van der Waals surface area contributed by atoms with Crippen LogP contribution in [0.15, 0.2) is 22.3 Å². The standard InChI is InChI=1S/2C8H9NO2/c2*10-7-5-3-1-2-4-6(5)8(11)9-7/h2*1-4H2,(H,9,10,11). The van der Waals surface area contributed by atoms with E-state index in [1.54, 1.807) is 0 Å². The van der Waals surface area contributed by atoms with Crippen LogP contribution in [0.25, 0.3) is 0 Å². The van der Waals surface area contributed by atoms with E-state index >= 15 is 0 Å². The van der Waals surface area contributed by atoms with Gasteiger partial charge in [0.2, 0.25) is 0 Å². The van der Waals surface area contributed by atoms with Crippen molar-refractivity contribution in [3.05, 3.63) is 22.3 Å². The molecule has 0 bridgehead atoms. The van der Waals surface area contributed by atoms with Crippen LogP contribution in [0, 0.1) is 0 Å². The van der Waals surface area contributed by atoms with E-state index in [1.165, 1.54) is 0 Å². The monoisotopic (exact) mass is 302 g/mol. The molecule has 0 unspecified atom stereocenters. The Bertz CT molecular complexity index is 535. The lowest BCUT2D eigenvalue weighted by molar-refractivity contribution is -0.125. The molecule has 2 aliphatic heterocycles. The number of carbonyl (C=O) groups is 4. The predicted molar refractivity (Wildman–Crippen MR) is 77.3 cm³/mol. The number of rotatable bonds is 0. The lowest BCUT2D eigenvalue weighted by Gasteiger charge is -2.08. The first-order chi connectivity index (χ1) is 10.6. The molecule has 0 saturated heterocycles. The van der Waals surface area contributed by atoms with Crippen molar-refractivity contribution in [2.24, 2.45) is 0 Å². The number of carbonyl (C=O) groups excluding carboxylic acids is 4. The maximum absolute atomic E-state index is 11.0. The average molecular weight is 302 g/mol. The highest BCUT2D eigenvalue weighted by atomic mass is 16.2. The molecule has 4 amide bonds. The van der Waals surface area contributed by atoms with Gasteiger partial charge < -0.3 is 0 Å². The van der Waals surface area contributed by atoms with Crippen molar-refractivity contribution in [1.29, 1.82) is 0 Å². The van der Waals surface area contributed by atoms with Crippen molar-refractivity contribution in [2.75, 3.05) is 0 Å². The molecule has 2 aliphatic carbocycles. The highest BCUT2D eigenvalue weighted by molar-refractivity contribution is 6.20. The summed E-state index contributed by atoms with van der Waals surface area (Å²) in [5.41, 5.74) is 2.95. The molecule has 6 nitrogen and oxygen atoms in total. The molecule has 4 aliphatic rings. The zero-order valence-corrected chi connectivity index (χ0v) is 12.3. The summed E-state index contributed by atoms with van der Waals surface area (Å²) < 4.78 is 0. The summed E-state index contributed by atoms with van der Waals surface area (Å²) in [5.74, 6) is -0.649. The topological polar surface area (TPSA) is 92.3 Å². The van der Waals surface area contributed by atoms with Crippen LogP contribution in [-0.4, -0.2) is 23.6 Å². The van der Waals surface area contributed by atoms with E-state index in [2.05, 4.69) is 10.6 Å². The minimum Gasteiger partial charge on any atom is -0.289 e. The molecule has 22 heavy (non-hydrogen) atoms. The number of imide groups is 2. The lowest BCUT2D eigenvalue weighted by Crippen LogP contribution is -2.22. The first kappa shape index (κ1) is 14.7. The predicted octanol–water partition coefficient (Wildman–Crippen LogP) is 1.03. The van der Waals surface area contributed by atoms with Gasteiger partial charge in [-0.3, -0.25) is 29.8 Å². The van der Waals surface area contributed by atoms with Crippen LogP contribution in [0.3, 0.4) is 0 Å². The molecule has 0 aromatic rings. The van der Waals surface area contributed by atoms with Gasteiger partial charge >= 0.3 is 0 Å². The Morgan fingerprint density at radius 2 is 0.682 bits per heavy atom. The second kappa shape index (κ2) is 5.87. The highest BCUT2D eigenvalue weighted by Gasteiger charge is 2.31. The molecule has 2 heterocycles. The van der Waals surface area contributed by atoms with Crippen LogP contribution in [0.2, 0.25) is 0 Å². The Balaban J connectivity index is 0.000000131. The van der Waals surface area contributed by atoms with Gasteiger partial charge in [-0.25, -0.2) is 0 Å². The van der Waals surface area contributed by atoms with Crippen molar-refractivity contribution in [2.45, 2.75) is 51.4 Å². The SMILES string of the molecule is O=C1NC(=O)C2=C1CCCC2.O=C1NC(=O)C2=C1CCCC2. The van der Waals surface area contributed by atoms with Crippen molar-refractivity contribution in [3.63, 3.8) is 0 Å². The largest absolute Gasteiger partial charge is 0.289 e. The van der Waals surface area contributed by atoms with Crippen molar-refractivity contribution >= 4 is 23.6 Å². The van der Waals surface area contributed by atoms with Crippen molar-refractivity contribution in [3.8, 4) is 0 Å². The van der Waals surface area contributed by atoms with Crippen LogP contribution in [0.5, 0.6) is 0 Å². The fraction of sp³-hybridized carbons (Fsp3) is 0.500. The summed E-state index contributed by atoms with van der Waals surface area (Å²) in [5, 5.41) is 4.61. The van der Waals surface area contributed by atoms with Crippen molar-refractivity contribution in [1.82, 2.24) is 10.6 Å². The molecule has 2 N–H and O–H groups in total. The summed E-state index contributed by atoms with van der Waals surface area (Å²) in [4.78, 5) is 44.1. The fourth-order valence-electron chi connectivity index (χ4n) is 3.32. The van der Waals surface area contributed by atoms with Gasteiger partial charge in [0.15, 0.2) is 0 Å². The van der Waals surface area contributed by atoms with Gasteiger partial charge in [0.05, 0.1) is 0 Å². The van der Waals surface area contributed by atoms with E-state index in [0.29, 0.717) is 0 Å². The quantitative estimate of drug-likeness (QED) is 0.654. The number of amides is 4. The summed E-state index contributed by atoms with van der Waals surface area (Å²) in [7, 11) is 0. The number of nitrogens with one attached hydrogen (secondary N) is 2. The molecular weight excluding hydrogens is 284 g/mol. The van der Waals surface area contributed by atoms with E-state index in [4.69, 9.17) is 0 Å². The zero-order chi connectivity index (χ0) is 15.7. The molecule has 4 rings (SSSR count). The van der Waals surface area contributed by atoms with Crippen LogP contribution in [0.4, 0.5) is 0 Å². The third-order valence-corrected chi connectivity index (χ3v) is 4.49. The van der Waals surface area contributed by atoms with E-state index in [1.807, 2.05) is 0 Å². The molecule has 0 spiro atoms. The minimum atomic E-state index is -0.162. The Labute approximate surface area is 128 Å². The first-order valence-electron chi connectivity index (χ1n) is 7.73. The first-order valence-corrected chi connectivity index (χ1v) is 7.73. The van der Waals surface area contributed by atoms with Gasteiger partial charge in [-0.2, -0.15) is 0 Å². The minimum absolute atomic E-state index is 0.162. The summed E-state index contributed by atoms with van der Waals surface area (Å²) in [6, 6.07) is 0. The van der Waals surface area contributed by atoms with Gasteiger partial charge in [-0.1, -0.05) is 0 Å². The molecule has 0 aromatic heterocycles. The summed E-state index contributed by atoms with van der Waals surface area (Å²) in [6.45, 7) is 0. The maximum Gasteiger partial charge on any atom is 0.254 e. The molecule has 0 aromatic carbocycles. The zero-order valence-electron chi connectivity index (χ0n) is 12.3. The second-order valence-corrected chi connectivity index (χ2v) is 5.89. The van der Waals surface area contributed by atoms with E-state index in [0.717, 1.165) is 73.7 Å². The average Bonchev–Trinajstić information content (AvgIpc) is 2.99. The Morgan fingerprint density at radius 1 is 0.455 bits per heavy atom. The van der Waals surface area contributed by atoms with Crippen LogP contribution in [-0.2, 0) is 19.2 Å². The third kappa shape index (κ3) is 2.61. The summed E-state index contributed by atoms with van der Waals surface area (Å²) in [6.07, 6.45) is 7.30. The molecule has 0 fully saturated rings. The highest BCUT2D eigenvalue weighted by Crippen LogP contribution is 2.28. The van der Waals surface area contributed by atoms with Crippen LogP contribution < -0.4 is 10.6 Å². The number of hydrogen-bond acceptors (Lipinski definition) is 4. The van der Waals surface area contributed by atoms with Gasteiger partial charge in [0.1, 0.15) is 0 Å². The summed E-state index contributed by atoms with van der Waals surface area (Å²) >= 11 is 0. The van der Waals surface area contributed by atoms with Crippen LogP contribution in [0.1, 0.15) is 51.4 Å². The van der Waals surface area contributed by atoms with E-state index in [9.17, 15) is 19.2 Å². The van der Waals surface area contributed by atoms with Gasteiger partial charge in [0.25, 0.3) is 23.6 Å². The maximum atomic E-state index is 11.0. The Kier molecular flexibility index (Phi) is 3.92. The number of hydrogen-bond donors (Lipinski definition) is 2. The van der Waals surface area contributed by atoms with Crippen LogP contribution >= 0.6 is 0 Å². The molecule has 0 saturated carbocycles. The smallest absolute Gasteiger partial charge is 0.254 e. The molecule has 0 atom stereocenters. The van der Waals surface area contributed by atoms with Gasteiger partial charge in [0, 0.05) is 22.3 Å². The van der Waals surface area contributed by atoms with Crippen molar-refractivity contribution < 1.29 is 19.2 Å². The fourth-order valence-corrected chi connectivity index (χ4v) is 3.32.